The number of aromatic nitrogens is 2. The van der Waals surface area contributed by atoms with E-state index in [4.69, 9.17) is 0 Å². The van der Waals surface area contributed by atoms with E-state index in [9.17, 15) is 4.79 Å². The number of likely N-dealkylation sites (tertiary alicyclic amines) is 1. The van der Waals surface area contributed by atoms with Crippen molar-refractivity contribution in [3.63, 3.8) is 0 Å². The number of hydrogen-bond acceptors (Lipinski definition) is 5. The van der Waals surface area contributed by atoms with Crippen LogP contribution in [0.15, 0.2) is 18.5 Å². The summed E-state index contributed by atoms with van der Waals surface area (Å²) in [6, 6.07) is 2.36. The molecule has 0 aromatic carbocycles. The Hall–Kier alpha value is -1.69. The van der Waals surface area contributed by atoms with Crippen LogP contribution < -0.4 is 10.6 Å². The zero-order chi connectivity index (χ0) is 15.1. The third kappa shape index (κ3) is 5.30. The van der Waals surface area contributed by atoms with Crippen molar-refractivity contribution in [1.29, 1.82) is 0 Å². The number of anilines is 1. The van der Waals surface area contributed by atoms with Crippen LogP contribution in [0.5, 0.6) is 0 Å². The molecule has 0 spiro atoms. The monoisotopic (exact) mass is 291 g/mol. The standard InChI is InChI=1S/C15H25N5O/c1-12(2)20-9-5-13(11-20)10-19-14(21)4-8-18-15-16-6-3-7-17-15/h3,6-7,12-13H,4-5,8-11H2,1-2H3,(H,19,21)(H,16,17,18). The minimum Gasteiger partial charge on any atom is -0.356 e. The van der Waals surface area contributed by atoms with Crippen molar-refractivity contribution < 1.29 is 4.79 Å². The molecule has 1 unspecified atom stereocenters. The van der Waals surface area contributed by atoms with Crippen molar-refractivity contribution in [2.24, 2.45) is 5.92 Å². The van der Waals surface area contributed by atoms with E-state index in [0.29, 0.717) is 30.9 Å². The SMILES string of the molecule is CC(C)N1CCC(CNC(=O)CCNc2ncccn2)C1. The normalized spacial score (nSPS) is 18.9. The largest absolute Gasteiger partial charge is 0.356 e. The highest BCUT2D eigenvalue weighted by atomic mass is 16.1. The molecule has 6 nitrogen and oxygen atoms in total. The van der Waals surface area contributed by atoms with Crippen molar-refractivity contribution in [1.82, 2.24) is 20.2 Å². The third-order valence-corrected chi connectivity index (χ3v) is 3.84. The molecule has 2 heterocycles. The molecule has 0 bridgehead atoms. The maximum absolute atomic E-state index is 11.8. The maximum Gasteiger partial charge on any atom is 0.222 e. The van der Waals surface area contributed by atoms with Crippen LogP contribution in [-0.4, -0.2) is 53.0 Å². The average molecular weight is 291 g/mol. The van der Waals surface area contributed by atoms with Gasteiger partial charge in [-0.25, -0.2) is 9.97 Å². The molecule has 1 fully saturated rings. The number of carbonyl (C=O) groups is 1. The highest BCUT2D eigenvalue weighted by Gasteiger charge is 2.24. The molecule has 0 radical (unpaired) electrons. The molecule has 1 aliphatic rings. The molecule has 1 aromatic heterocycles. The molecule has 1 saturated heterocycles. The van der Waals surface area contributed by atoms with Gasteiger partial charge in [0.1, 0.15) is 0 Å². The van der Waals surface area contributed by atoms with E-state index in [2.05, 4.69) is 39.3 Å². The molecule has 0 saturated carbocycles. The molecule has 6 heteroatoms. The molecule has 1 atom stereocenters. The van der Waals surface area contributed by atoms with Gasteiger partial charge in [0.05, 0.1) is 0 Å². The van der Waals surface area contributed by atoms with Crippen molar-refractivity contribution in [2.75, 3.05) is 31.5 Å². The Morgan fingerprint density at radius 1 is 1.43 bits per heavy atom. The quantitative estimate of drug-likeness (QED) is 0.788. The van der Waals surface area contributed by atoms with Gasteiger partial charge in [-0.05, 0) is 38.8 Å². The Balaban J connectivity index is 1.58. The van der Waals surface area contributed by atoms with Gasteiger partial charge < -0.3 is 15.5 Å². The molecule has 1 amide bonds. The summed E-state index contributed by atoms with van der Waals surface area (Å²) in [7, 11) is 0. The zero-order valence-electron chi connectivity index (χ0n) is 12.9. The second-order valence-electron chi connectivity index (χ2n) is 5.80. The summed E-state index contributed by atoms with van der Waals surface area (Å²) < 4.78 is 0. The molecule has 1 aromatic rings. The van der Waals surface area contributed by atoms with Crippen LogP contribution >= 0.6 is 0 Å². The molecular formula is C15H25N5O. The van der Waals surface area contributed by atoms with Crippen LogP contribution in [-0.2, 0) is 4.79 Å². The van der Waals surface area contributed by atoms with Gasteiger partial charge in [-0.15, -0.1) is 0 Å². The lowest BCUT2D eigenvalue weighted by molar-refractivity contribution is -0.121. The molecule has 2 N–H and O–H groups in total. The molecular weight excluding hydrogens is 266 g/mol. The van der Waals surface area contributed by atoms with Crippen LogP contribution in [0, 0.1) is 5.92 Å². The Bertz CT molecular complexity index is 437. The summed E-state index contributed by atoms with van der Waals surface area (Å²) >= 11 is 0. The second kappa shape index (κ2) is 7.93. The smallest absolute Gasteiger partial charge is 0.222 e. The highest BCUT2D eigenvalue weighted by molar-refractivity contribution is 5.76. The third-order valence-electron chi connectivity index (χ3n) is 3.84. The first kappa shape index (κ1) is 15.7. The minimum atomic E-state index is 0.0847. The fraction of sp³-hybridized carbons (Fsp3) is 0.667. The lowest BCUT2D eigenvalue weighted by Gasteiger charge is -2.20. The highest BCUT2D eigenvalue weighted by Crippen LogP contribution is 2.17. The Kier molecular flexibility index (Phi) is 5.92. The van der Waals surface area contributed by atoms with Gasteiger partial charge in [-0.2, -0.15) is 0 Å². The maximum atomic E-state index is 11.8. The van der Waals surface area contributed by atoms with Gasteiger partial charge in [0.15, 0.2) is 0 Å². The predicted octanol–water partition coefficient (Wildman–Crippen LogP) is 1.13. The van der Waals surface area contributed by atoms with E-state index in [1.165, 1.54) is 6.42 Å². The van der Waals surface area contributed by atoms with Gasteiger partial charge >= 0.3 is 0 Å². The number of rotatable bonds is 7. The molecule has 0 aliphatic carbocycles. The first-order valence-corrected chi connectivity index (χ1v) is 7.67. The minimum absolute atomic E-state index is 0.0847. The Labute approximate surface area is 126 Å². The Morgan fingerprint density at radius 3 is 2.86 bits per heavy atom. The summed E-state index contributed by atoms with van der Waals surface area (Å²) in [6.45, 7) is 8.01. The molecule has 116 valence electrons. The van der Waals surface area contributed by atoms with Crippen molar-refractivity contribution in [3.8, 4) is 0 Å². The second-order valence-corrected chi connectivity index (χ2v) is 5.80. The van der Waals surface area contributed by atoms with Crippen molar-refractivity contribution >= 4 is 11.9 Å². The van der Waals surface area contributed by atoms with Crippen LogP contribution in [0.1, 0.15) is 26.7 Å². The van der Waals surface area contributed by atoms with E-state index >= 15 is 0 Å². The number of nitrogens with one attached hydrogen (secondary N) is 2. The van der Waals surface area contributed by atoms with E-state index in [1.54, 1.807) is 18.5 Å². The van der Waals surface area contributed by atoms with Crippen LogP contribution in [0.3, 0.4) is 0 Å². The van der Waals surface area contributed by atoms with E-state index in [1.807, 2.05) is 0 Å². The van der Waals surface area contributed by atoms with E-state index in [0.717, 1.165) is 19.6 Å². The first-order chi connectivity index (χ1) is 10.1. The summed E-state index contributed by atoms with van der Waals surface area (Å²) in [4.78, 5) is 22.4. The fourth-order valence-electron chi connectivity index (χ4n) is 2.52. The number of amides is 1. The summed E-state index contributed by atoms with van der Waals surface area (Å²) in [5.41, 5.74) is 0. The summed E-state index contributed by atoms with van der Waals surface area (Å²) in [5, 5.41) is 6.06. The van der Waals surface area contributed by atoms with Gasteiger partial charge in [0.25, 0.3) is 0 Å². The summed E-state index contributed by atoms with van der Waals surface area (Å²) in [6.07, 6.45) is 4.97. The lowest BCUT2D eigenvalue weighted by atomic mass is 10.1. The van der Waals surface area contributed by atoms with Gasteiger partial charge in [-0.3, -0.25) is 4.79 Å². The topological polar surface area (TPSA) is 70.2 Å². The lowest BCUT2D eigenvalue weighted by Crippen LogP contribution is -2.33. The average Bonchev–Trinajstić information content (AvgIpc) is 2.95. The van der Waals surface area contributed by atoms with E-state index in [-0.39, 0.29) is 5.91 Å². The van der Waals surface area contributed by atoms with E-state index < -0.39 is 0 Å². The van der Waals surface area contributed by atoms with Crippen LogP contribution in [0.25, 0.3) is 0 Å². The Morgan fingerprint density at radius 2 is 2.19 bits per heavy atom. The molecule has 1 aliphatic heterocycles. The van der Waals surface area contributed by atoms with Gasteiger partial charge in [-0.1, -0.05) is 0 Å². The van der Waals surface area contributed by atoms with Crippen LogP contribution in [0.4, 0.5) is 5.95 Å². The fourth-order valence-corrected chi connectivity index (χ4v) is 2.52. The van der Waals surface area contributed by atoms with Crippen molar-refractivity contribution in [3.05, 3.63) is 18.5 Å². The van der Waals surface area contributed by atoms with Gasteiger partial charge in [0, 0.05) is 44.5 Å². The first-order valence-electron chi connectivity index (χ1n) is 7.67. The van der Waals surface area contributed by atoms with Gasteiger partial charge in [0.2, 0.25) is 11.9 Å². The molecule has 21 heavy (non-hydrogen) atoms. The molecule has 2 rings (SSSR count). The van der Waals surface area contributed by atoms with Crippen molar-refractivity contribution in [2.45, 2.75) is 32.7 Å². The number of nitrogens with zero attached hydrogens (tertiary/aromatic N) is 3. The number of hydrogen-bond donors (Lipinski definition) is 2. The predicted molar refractivity (Wildman–Crippen MR) is 83.0 cm³/mol. The van der Waals surface area contributed by atoms with Crippen LogP contribution in [0.2, 0.25) is 0 Å². The zero-order valence-corrected chi connectivity index (χ0v) is 12.9. The number of carbonyl (C=O) groups excluding carboxylic acids is 1. The summed E-state index contributed by atoms with van der Waals surface area (Å²) in [5.74, 6) is 1.23.